The maximum Gasteiger partial charge on any atom is 0.243 e. The van der Waals surface area contributed by atoms with Crippen LogP contribution >= 0.6 is 0 Å². The Hall–Kier alpha value is -1.44. The average Bonchev–Trinajstić information content (AvgIpc) is 2.67. The van der Waals surface area contributed by atoms with Gasteiger partial charge in [-0.05, 0) is 43.4 Å². The van der Waals surface area contributed by atoms with Gasteiger partial charge in [-0.3, -0.25) is 4.79 Å². The number of hydrogen-bond acceptors (Lipinski definition) is 4. The Bertz CT molecular complexity index is 691. The van der Waals surface area contributed by atoms with Crippen LogP contribution in [0.25, 0.3) is 0 Å². The molecule has 1 heterocycles. The largest absolute Gasteiger partial charge is 0.354 e. The van der Waals surface area contributed by atoms with Gasteiger partial charge in [0.25, 0.3) is 0 Å². The third kappa shape index (κ3) is 5.28. The molecule has 1 saturated heterocycles. The lowest BCUT2D eigenvalue weighted by molar-refractivity contribution is -0.120. The highest BCUT2D eigenvalue weighted by atomic mass is 32.2. The van der Waals surface area contributed by atoms with Crippen molar-refractivity contribution in [2.45, 2.75) is 62.8 Å². The van der Waals surface area contributed by atoms with Crippen molar-refractivity contribution in [2.24, 2.45) is 5.73 Å². The van der Waals surface area contributed by atoms with Crippen molar-refractivity contribution in [3.8, 4) is 0 Å². The fourth-order valence-electron chi connectivity index (χ4n) is 3.06. The number of nitrogens with two attached hydrogens (primary N) is 1. The number of nitrogens with one attached hydrogen (secondary N) is 1. The maximum absolute atomic E-state index is 12.6. The second-order valence-electron chi connectivity index (χ2n) is 7.13. The molecule has 2 rings (SSSR count). The molecule has 26 heavy (non-hydrogen) atoms. The summed E-state index contributed by atoms with van der Waals surface area (Å²) in [5.41, 5.74) is 6.61. The normalized spacial score (nSPS) is 16.4. The molecule has 1 amide bonds. The lowest BCUT2D eigenvalue weighted by Gasteiger charge is -2.27. The first-order valence-electron chi connectivity index (χ1n) is 9.45. The van der Waals surface area contributed by atoms with E-state index in [-0.39, 0.29) is 17.9 Å². The van der Waals surface area contributed by atoms with E-state index in [0.717, 1.165) is 37.7 Å². The van der Waals surface area contributed by atoms with E-state index < -0.39 is 10.0 Å². The SMILES string of the molecule is CCC(N)(CC)CNC(=O)Cc1ccc(S(=O)(=O)N2CCCCC2)cc1. The van der Waals surface area contributed by atoms with Gasteiger partial charge in [-0.15, -0.1) is 0 Å². The van der Waals surface area contributed by atoms with Crippen LogP contribution in [0.2, 0.25) is 0 Å². The summed E-state index contributed by atoms with van der Waals surface area (Å²) < 4.78 is 26.8. The number of carbonyl (C=O) groups excluding carboxylic acids is 1. The van der Waals surface area contributed by atoms with Crippen LogP contribution in [0.4, 0.5) is 0 Å². The van der Waals surface area contributed by atoms with Gasteiger partial charge in [0.05, 0.1) is 11.3 Å². The summed E-state index contributed by atoms with van der Waals surface area (Å²) in [6.07, 6.45) is 4.72. The molecule has 6 nitrogen and oxygen atoms in total. The summed E-state index contributed by atoms with van der Waals surface area (Å²) >= 11 is 0. The zero-order valence-electron chi connectivity index (χ0n) is 15.8. The predicted octanol–water partition coefficient (Wildman–Crippen LogP) is 2.04. The van der Waals surface area contributed by atoms with Crippen LogP contribution in [0.3, 0.4) is 0 Å². The first-order chi connectivity index (χ1) is 12.3. The van der Waals surface area contributed by atoms with E-state index >= 15 is 0 Å². The topological polar surface area (TPSA) is 92.5 Å². The van der Waals surface area contributed by atoms with Crippen molar-refractivity contribution in [1.82, 2.24) is 9.62 Å². The minimum Gasteiger partial charge on any atom is -0.354 e. The lowest BCUT2D eigenvalue weighted by Crippen LogP contribution is -2.49. The van der Waals surface area contributed by atoms with Gasteiger partial charge in [0.1, 0.15) is 0 Å². The Morgan fingerprint density at radius 1 is 1.12 bits per heavy atom. The number of benzene rings is 1. The highest BCUT2D eigenvalue weighted by Gasteiger charge is 2.26. The second-order valence-corrected chi connectivity index (χ2v) is 9.07. The molecule has 0 atom stereocenters. The molecule has 0 saturated carbocycles. The number of carbonyl (C=O) groups is 1. The molecule has 0 radical (unpaired) electrons. The highest BCUT2D eigenvalue weighted by molar-refractivity contribution is 7.89. The molecule has 1 aromatic rings. The van der Waals surface area contributed by atoms with Crippen molar-refractivity contribution in [2.75, 3.05) is 19.6 Å². The zero-order valence-corrected chi connectivity index (χ0v) is 16.6. The molecule has 1 aliphatic heterocycles. The van der Waals surface area contributed by atoms with Crippen molar-refractivity contribution >= 4 is 15.9 Å². The fourth-order valence-corrected chi connectivity index (χ4v) is 4.57. The van der Waals surface area contributed by atoms with Gasteiger partial charge >= 0.3 is 0 Å². The van der Waals surface area contributed by atoms with Crippen LogP contribution in [-0.2, 0) is 21.2 Å². The van der Waals surface area contributed by atoms with Gasteiger partial charge in [0.2, 0.25) is 15.9 Å². The van der Waals surface area contributed by atoms with Crippen LogP contribution in [-0.4, -0.2) is 43.8 Å². The number of amides is 1. The molecule has 0 aromatic heterocycles. The Morgan fingerprint density at radius 2 is 1.69 bits per heavy atom. The molecule has 7 heteroatoms. The standard InChI is InChI=1S/C19H31N3O3S/c1-3-19(20,4-2)15-21-18(23)14-16-8-10-17(11-9-16)26(24,25)22-12-6-5-7-13-22/h8-11H,3-7,12-15,20H2,1-2H3,(H,21,23). The average molecular weight is 382 g/mol. The first kappa shape index (κ1) is 20.9. The van der Waals surface area contributed by atoms with Crippen LogP contribution in [0.15, 0.2) is 29.2 Å². The Morgan fingerprint density at radius 3 is 2.23 bits per heavy atom. The van der Waals surface area contributed by atoms with E-state index in [1.165, 1.54) is 0 Å². The van der Waals surface area contributed by atoms with Crippen molar-refractivity contribution in [3.63, 3.8) is 0 Å². The minimum absolute atomic E-state index is 0.103. The summed E-state index contributed by atoms with van der Waals surface area (Å²) in [6, 6.07) is 6.62. The Balaban J connectivity index is 1.95. The predicted molar refractivity (Wildman–Crippen MR) is 103 cm³/mol. The van der Waals surface area contributed by atoms with E-state index in [4.69, 9.17) is 5.73 Å². The number of piperidine rings is 1. The van der Waals surface area contributed by atoms with Crippen LogP contribution in [0, 0.1) is 0 Å². The quantitative estimate of drug-likeness (QED) is 0.721. The van der Waals surface area contributed by atoms with E-state index in [0.29, 0.717) is 24.5 Å². The van der Waals surface area contributed by atoms with E-state index in [2.05, 4.69) is 5.32 Å². The molecule has 0 unspecified atom stereocenters. The number of nitrogens with zero attached hydrogens (tertiary/aromatic N) is 1. The molecule has 3 N–H and O–H groups in total. The monoisotopic (exact) mass is 381 g/mol. The van der Waals surface area contributed by atoms with Crippen LogP contribution in [0.5, 0.6) is 0 Å². The smallest absolute Gasteiger partial charge is 0.243 e. The van der Waals surface area contributed by atoms with Gasteiger partial charge in [-0.2, -0.15) is 4.31 Å². The summed E-state index contributed by atoms with van der Waals surface area (Å²) in [7, 11) is -3.43. The Labute approximate surface area is 157 Å². The van der Waals surface area contributed by atoms with Gasteiger partial charge in [-0.25, -0.2) is 8.42 Å². The van der Waals surface area contributed by atoms with Gasteiger partial charge in [0.15, 0.2) is 0 Å². The Kier molecular flexibility index (Phi) is 7.20. The summed E-state index contributed by atoms with van der Waals surface area (Å²) in [5, 5.41) is 2.88. The minimum atomic E-state index is -3.43. The van der Waals surface area contributed by atoms with E-state index in [1.54, 1.807) is 28.6 Å². The molecule has 0 spiro atoms. The lowest BCUT2D eigenvalue weighted by atomic mass is 9.94. The van der Waals surface area contributed by atoms with Crippen molar-refractivity contribution < 1.29 is 13.2 Å². The molecule has 1 aromatic carbocycles. The van der Waals surface area contributed by atoms with E-state index in [1.807, 2.05) is 13.8 Å². The fraction of sp³-hybridized carbons (Fsp3) is 0.632. The second kappa shape index (κ2) is 8.97. The third-order valence-corrected chi connectivity index (χ3v) is 7.20. The summed E-state index contributed by atoms with van der Waals surface area (Å²) in [4.78, 5) is 12.4. The maximum atomic E-state index is 12.6. The van der Waals surface area contributed by atoms with Crippen LogP contribution < -0.4 is 11.1 Å². The molecular formula is C19H31N3O3S. The highest BCUT2D eigenvalue weighted by Crippen LogP contribution is 2.21. The zero-order chi connectivity index (χ0) is 19.2. The third-order valence-electron chi connectivity index (χ3n) is 5.29. The van der Waals surface area contributed by atoms with Crippen molar-refractivity contribution in [3.05, 3.63) is 29.8 Å². The first-order valence-corrected chi connectivity index (χ1v) is 10.9. The summed E-state index contributed by atoms with van der Waals surface area (Å²) in [6.45, 7) is 5.64. The molecule has 146 valence electrons. The van der Waals surface area contributed by atoms with Gasteiger partial charge < -0.3 is 11.1 Å². The molecule has 0 aliphatic carbocycles. The number of hydrogen-bond donors (Lipinski definition) is 2. The molecular weight excluding hydrogens is 350 g/mol. The van der Waals surface area contributed by atoms with Crippen LogP contribution in [0.1, 0.15) is 51.5 Å². The number of rotatable bonds is 8. The van der Waals surface area contributed by atoms with Crippen molar-refractivity contribution in [1.29, 1.82) is 0 Å². The number of sulfonamides is 1. The summed E-state index contributed by atoms with van der Waals surface area (Å²) in [5.74, 6) is -0.103. The van der Waals surface area contributed by atoms with Gasteiger partial charge in [-0.1, -0.05) is 32.4 Å². The van der Waals surface area contributed by atoms with E-state index in [9.17, 15) is 13.2 Å². The molecule has 0 bridgehead atoms. The van der Waals surface area contributed by atoms with Gasteiger partial charge in [0, 0.05) is 25.2 Å². The molecule has 1 fully saturated rings. The molecule has 1 aliphatic rings.